The van der Waals surface area contributed by atoms with E-state index in [9.17, 15) is 0 Å². The highest BCUT2D eigenvalue weighted by Crippen LogP contribution is 2.48. The van der Waals surface area contributed by atoms with Gasteiger partial charge in [0.05, 0.1) is 5.41 Å². The summed E-state index contributed by atoms with van der Waals surface area (Å²) in [5, 5.41) is 9.08. The van der Waals surface area contributed by atoms with Gasteiger partial charge >= 0.3 is 0 Å². The van der Waals surface area contributed by atoms with Crippen molar-refractivity contribution in [2.24, 2.45) is 5.41 Å². The molecule has 0 spiro atoms. The molecule has 0 aromatic rings. The molecule has 0 aliphatic heterocycles. The maximum atomic E-state index is 9.08. The minimum Gasteiger partial charge on any atom is -0.367 e. The molecule has 1 fully saturated rings. The zero-order valence-electron chi connectivity index (χ0n) is 5.42. The largest absolute Gasteiger partial charge is 0.367 e. The van der Waals surface area contributed by atoms with E-state index >= 15 is 0 Å². The van der Waals surface area contributed by atoms with Crippen LogP contribution in [0, 0.1) is 17.8 Å². The molecule has 0 bridgehead atoms. The highest BCUT2D eigenvalue weighted by molar-refractivity contribution is 5.16. The molecule has 0 aromatic carbocycles. The molecule has 0 aromatic heterocycles. The lowest BCUT2D eigenvalue weighted by atomic mass is 10.1. The molecule has 1 aliphatic rings. The standard InChI is InChI=1S/C7H10O2/c1-3-7(4-5-7)6(8)9-2/h1,6,8H,4-5H2,2H3. The van der Waals surface area contributed by atoms with Gasteiger partial charge in [0.2, 0.25) is 0 Å². The summed E-state index contributed by atoms with van der Waals surface area (Å²) >= 11 is 0. The lowest BCUT2D eigenvalue weighted by Gasteiger charge is -2.13. The molecule has 50 valence electrons. The Bertz CT molecular complexity index is 141. The van der Waals surface area contributed by atoms with Crippen molar-refractivity contribution < 1.29 is 9.84 Å². The number of methoxy groups -OCH3 is 1. The van der Waals surface area contributed by atoms with E-state index in [0.29, 0.717) is 0 Å². The summed E-state index contributed by atoms with van der Waals surface area (Å²) < 4.78 is 4.68. The Kier molecular flexibility index (Phi) is 1.48. The summed E-state index contributed by atoms with van der Waals surface area (Å²) in [6.07, 6.45) is 6.17. The van der Waals surface area contributed by atoms with Crippen molar-refractivity contribution >= 4 is 0 Å². The molecule has 0 radical (unpaired) electrons. The van der Waals surface area contributed by atoms with Gasteiger partial charge in [-0.2, -0.15) is 0 Å². The number of rotatable bonds is 2. The van der Waals surface area contributed by atoms with Gasteiger partial charge in [-0.15, -0.1) is 6.42 Å². The second-order valence-electron chi connectivity index (χ2n) is 2.39. The van der Waals surface area contributed by atoms with E-state index in [2.05, 4.69) is 10.7 Å². The predicted molar refractivity (Wildman–Crippen MR) is 33.5 cm³/mol. The molecule has 0 saturated heterocycles. The van der Waals surface area contributed by atoms with Crippen molar-refractivity contribution in [2.45, 2.75) is 19.1 Å². The van der Waals surface area contributed by atoms with Gasteiger partial charge < -0.3 is 9.84 Å². The van der Waals surface area contributed by atoms with Crippen LogP contribution >= 0.6 is 0 Å². The van der Waals surface area contributed by atoms with E-state index < -0.39 is 6.29 Å². The van der Waals surface area contributed by atoms with Crippen molar-refractivity contribution in [3.8, 4) is 12.3 Å². The lowest BCUT2D eigenvalue weighted by Crippen LogP contribution is -2.21. The maximum absolute atomic E-state index is 9.08. The van der Waals surface area contributed by atoms with E-state index in [4.69, 9.17) is 11.5 Å². The number of aliphatic hydroxyl groups is 1. The summed E-state index contributed by atoms with van der Waals surface area (Å²) in [4.78, 5) is 0. The molecule has 9 heavy (non-hydrogen) atoms. The van der Waals surface area contributed by atoms with Crippen LogP contribution in [0.15, 0.2) is 0 Å². The van der Waals surface area contributed by atoms with Gasteiger partial charge in [0, 0.05) is 7.11 Å². The third kappa shape index (κ3) is 0.937. The molecule has 1 rings (SSSR count). The summed E-state index contributed by atoms with van der Waals surface area (Å²) in [6.45, 7) is 0. The predicted octanol–water partition coefficient (Wildman–Crippen LogP) is 0.365. The number of hydrogen-bond donors (Lipinski definition) is 1. The SMILES string of the molecule is C#CC1(C(O)OC)CC1. The van der Waals surface area contributed by atoms with Crippen molar-refractivity contribution in [2.75, 3.05) is 7.11 Å². The van der Waals surface area contributed by atoms with Crippen molar-refractivity contribution in [1.29, 1.82) is 0 Å². The highest BCUT2D eigenvalue weighted by Gasteiger charge is 2.48. The van der Waals surface area contributed by atoms with Crippen molar-refractivity contribution in [3.05, 3.63) is 0 Å². The van der Waals surface area contributed by atoms with Crippen LogP contribution in [0.4, 0.5) is 0 Å². The first kappa shape index (κ1) is 6.60. The van der Waals surface area contributed by atoms with Crippen LogP contribution in [-0.2, 0) is 4.74 Å². The minimum atomic E-state index is -0.762. The average Bonchev–Trinajstić information content (AvgIpc) is 2.66. The fourth-order valence-corrected chi connectivity index (χ4v) is 0.823. The Morgan fingerprint density at radius 3 is 2.44 bits per heavy atom. The van der Waals surface area contributed by atoms with Gasteiger partial charge in [0.15, 0.2) is 6.29 Å². The van der Waals surface area contributed by atoms with Crippen LogP contribution < -0.4 is 0 Å². The van der Waals surface area contributed by atoms with Crippen LogP contribution in [0.5, 0.6) is 0 Å². The van der Waals surface area contributed by atoms with Gasteiger partial charge in [-0.1, -0.05) is 5.92 Å². The number of terminal acetylenes is 1. The zero-order chi connectivity index (χ0) is 6.91. The van der Waals surface area contributed by atoms with Crippen LogP contribution in [0.25, 0.3) is 0 Å². The monoisotopic (exact) mass is 126 g/mol. The maximum Gasteiger partial charge on any atom is 0.170 e. The molecule has 1 atom stereocenters. The molecule has 0 heterocycles. The molecule has 1 aliphatic carbocycles. The quantitative estimate of drug-likeness (QED) is 0.427. The van der Waals surface area contributed by atoms with E-state index in [1.54, 1.807) is 0 Å². The molecule has 2 heteroatoms. The summed E-state index contributed by atoms with van der Waals surface area (Å²) in [6, 6.07) is 0. The Balaban J connectivity index is 2.52. The first-order chi connectivity index (χ1) is 4.25. The van der Waals surface area contributed by atoms with Crippen LogP contribution in [0.3, 0.4) is 0 Å². The second kappa shape index (κ2) is 2.02. The van der Waals surface area contributed by atoms with Gasteiger partial charge in [0.25, 0.3) is 0 Å². The van der Waals surface area contributed by atoms with E-state index in [1.165, 1.54) is 7.11 Å². The van der Waals surface area contributed by atoms with Crippen molar-refractivity contribution in [1.82, 2.24) is 0 Å². The van der Waals surface area contributed by atoms with Crippen LogP contribution in [0.1, 0.15) is 12.8 Å². The summed E-state index contributed by atoms with van der Waals surface area (Å²) in [7, 11) is 1.46. The third-order valence-corrected chi connectivity index (χ3v) is 1.77. The minimum absolute atomic E-state index is 0.339. The zero-order valence-corrected chi connectivity index (χ0v) is 5.42. The molecule has 1 saturated carbocycles. The first-order valence-electron chi connectivity index (χ1n) is 2.94. The van der Waals surface area contributed by atoms with Gasteiger partial charge in [-0.25, -0.2) is 0 Å². The van der Waals surface area contributed by atoms with Crippen LogP contribution in [-0.4, -0.2) is 18.5 Å². The number of ether oxygens (including phenoxy) is 1. The Hall–Kier alpha value is -0.520. The highest BCUT2D eigenvalue weighted by atomic mass is 16.6. The number of aliphatic hydroxyl groups excluding tert-OH is 1. The van der Waals surface area contributed by atoms with Gasteiger partial charge in [0.1, 0.15) is 0 Å². The molecular weight excluding hydrogens is 116 g/mol. The third-order valence-electron chi connectivity index (χ3n) is 1.77. The average molecular weight is 126 g/mol. The van der Waals surface area contributed by atoms with Crippen molar-refractivity contribution in [3.63, 3.8) is 0 Å². The first-order valence-corrected chi connectivity index (χ1v) is 2.94. The molecular formula is C7H10O2. The van der Waals surface area contributed by atoms with E-state index in [1.807, 2.05) is 0 Å². The normalized spacial score (nSPS) is 24.6. The van der Waals surface area contributed by atoms with E-state index in [0.717, 1.165) is 12.8 Å². The smallest absolute Gasteiger partial charge is 0.170 e. The molecule has 1 N–H and O–H groups in total. The Morgan fingerprint density at radius 2 is 2.33 bits per heavy atom. The molecule has 0 amide bonds. The number of hydrogen-bond acceptors (Lipinski definition) is 2. The fourth-order valence-electron chi connectivity index (χ4n) is 0.823. The molecule has 2 nitrogen and oxygen atoms in total. The van der Waals surface area contributed by atoms with Gasteiger partial charge in [-0.3, -0.25) is 0 Å². The van der Waals surface area contributed by atoms with Crippen LogP contribution in [0.2, 0.25) is 0 Å². The summed E-state index contributed by atoms with van der Waals surface area (Å²) in [5.41, 5.74) is -0.339. The fraction of sp³-hybridized carbons (Fsp3) is 0.714. The second-order valence-corrected chi connectivity index (χ2v) is 2.39. The Morgan fingerprint density at radius 1 is 1.78 bits per heavy atom. The van der Waals surface area contributed by atoms with Gasteiger partial charge in [-0.05, 0) is 12.8 Å². The summed E-state index contributed by atoms with van der Waals surface area (Å²) in [5.74, 6) is 2.53. The topological polar surface area (TPSA) is 29.5 Å². The molecule has 1 unspecified atom stereocenters. The van der Waals surface area contributed by atoms with E-state index in [-0.39, 0.29) is 5.41 Å². The Labute approximate surface area is 54.8 Å². The lowest BCUT2D eigenvalue weighted by molar-refractivity contribution is -0.106.